The van der Waals surface area contributed by atoms with Crippen LogP contribution in [0.3, 0.4) is 0 Å². The van der Waals surface area contributed by atoms with Crippen LogP contribution in [-0.2, 0) is 11.3 Å². The van der Waals surface area contributed by atoms with Crippen LogP contribution in [0.25, 0.3) is 0 Å². The van der Waals surface area contributed by atoms with E-state index in [9.17, 15) is 0 Å². The largest absolute Gasteiger partial charge is 0.489 e. The zero-order valence-electron chi connectivity index (χ0n) is 12.5. The molecule has 3 nitrogen and oxygen atoms in total. The highest BCUT2D eigenvalue weighted by Crippen LogP contribution is 2.14. The molecule has 0 spiro atoms. The SMILES string of the molecule is C=C(CNC(C)(C)C)COc1cccc(COC)c1. The topological polar surface area (TPSA) is 30.5 Å². The van der Waals surface area contributed by atoms with Crippen LogP contribution in [0.2, 0.25) is 0 Å². The van der Waals surface area contributed by atoms with Crippen molar-refractivity contribution in [2.24, 2.45) is 0 Å². The summed E-state index contributed by atoms with van der Waals surface area (Å²) in [6.07, 6.45) is 0. The molecule has 0 amide bonds. The molecule has 0 saturated heterocycles. The molecule has 1 rings (SSSR count). The Labute approximate surface area is 116 Å². The van der Waals surface area contributed by atoms with Gasteiger partial charge in [-0.25, -0.2) is 0 Å². The molecule has 19 heavy (non-hydrogen) atoms. The maximum Gasteiger partial charge on any atom is 0.120 e. The fourth-order valence-corrected chi connectivity index (χ4v) is 1.52. The minimum absolute atomic E-state index is 0.0985. The molecule has 0 aliphatic rings. The van der Waals surface area contributed by atoms with Gasteiger partial charge in [0, 0.05) is 19.2 Å². The number of rotatable bonds is 7. The zero-order chi connectivity index (χ0) is 14.3. The van der Waals surface area contributed by atoms with Gasteiger partial charge in [-0.05, 0) is 44.0 Å². The first kappa shape index (κ1) is 15.7. The van der Waals surface area contributed by atoms with Gasteiger partial charge in [-0.3, -0.25) is 0 Å². The molecular formula is C16H25NO2. The number of hydrogen-bond donors (Lipinski definition) is 1. The van der Waals surface area contributed by atoms with Crippen molar-refractivity contribution >= 4 is 0 Å². The highest BCUT2D eigenvalue weighted by atomic mass is 16.5. The van der Waals surface area contributed by atoms with Crippen molar-refractivity contribution in [1.82, 2.24) is 5.32 Å². The van der Waals surface area contributed by atoms with Crippen LogP contribution in [0.5, 0.6) is 5.75 Å². The molecule has 0 aliphatic heterocycles. The van der Waals surface area contributed by atoms with Crippen molar-refractivity contribution in [2.75, 3.05) is 20.3 Å². The van der Waals surface area contributed by atoms with E-state index in [0.717, 1.165) is 23.4 Å². The lowest BCUT2D eigenvalue weighted by Gasteiger charge is -2.21. The molecular weight excluding hydrogens is 238 g/mol. The Morgan fingerprint density at radius 1 is 1.32 bits per heavy atom. The minimum Gasteiger partial charge on any atom is -0.489 e. The second kappa shape index (κ2) is 7.31. The Bertz CT molecular complexity index is 407. The van der Waals surface area contributed by atoms with Crippen molar-refractivity contribution in [3.05, 3.63) is 42.0 Å². The normalized spacial score (nSPS) is 11.4. The van der Waals surface area contributed by atoms with Crippen LogP contribution in [-0.4, -0.2) is 25.8 Å². The minimum atomic E-state index is 0.0985. The highest BCUT2D eigenvalue weighted by molar-refractivity contribution is 5.28. The molecule has 0 aromatic heterocycles. The lowest BCUT2D eigenvalue weighted by Crippen LogP contribution is -2.37. The van der Waals surface area contributed by atoms with E-state index in [-0.39, 0.29) is 5.54 Å². The van der Waals surface area contributed by atoms with Crippen LogP contribution in [0.15, 0.2) is 36.4 Å². The predicted octanol–water partition coefficient (Wildman–Crippen LogP) is 3.16. The van der Waals surface area contributed by atoms with E-state index in [1.807, 2.05) is 24.3 Å². The molecule has 1 aromatic carbocycles. The van der Waals surface area contributed by atoms with Gasteiger partial charge in [0.05, 0.1) is 6.61 Å². The third kappa shape index (κ3) is 6.99. The molecule has 0 aliphatic carbocycles. The Morgan fingerprint density at radius 3 is 2.68 bits per heavy atom. The number of ether oxygens (including phenoxy) is 2. The summed E-state index contributed by atoms with van der Waals surface area (Å²) in [5.41, 5.74) is 2.24. The fourth-order valence-electron chi connectivity index (χ4n) is 1.52. The van der Waals surface area contributed by atoms with Gasteiger partial charge in [-0.2, -0.15) is 0 Å². The second-order valence-electron chi connectivity index (χ2n) is 5.72. The standard InChI is InChI=1S/C16H25NO2/c1-13(10-17-16(2,3)4)11-19-15-8-6-7-14(9-15)12-18-5/h6-9,17H,1,10-12H2,2-5H3. The Balaban J connectivity index is 2.39. The van der Waals surface area contributed by atoms with E-state index in [1.165, 1.54) is 0 Å². The van der Waals surface area contributed by atoms with Gasteiger partial charge in [0.15, 0.2) is 0 Å². The van der Waals surface area contributed by atoms with Gasteiger partial charge < -0.3 is 14.8 Å². The van der Waals surface area contributed by atoms with Crippen LogP contribution in [0.1, 0.15) is 26.3 Å². The Morgan fingerprint density at radius 2 is 2.05 bits per heavy atom. The summed E-state index contributed by atoms with van der Waals surface area (Å²) in [5.74, 6) is 0.853. The van der Waals surface area contributed by atoms with Crippen LogP contribution in [0, 0.1) is 0 Å². The van der Waals surface area contributed by atoms with Crippen molar-refractivity contribution < 1.29 is 9.47 Å². The summed E-state index contributed by atoms with van der Waals surface area (Å²) in [6.45, 7) is 12.3. The Kier molecular flexibility index (Phi) is 6.06. The van der Waals surface area contributed by atoms with Crippen molar-refractivity contribution in [2.45, 2.75) is 32.9 Å². The third-order valence-corrected chi connectivity index (χ3v) is 2.52. The van der Waals surface area contributed by atoms with Crippen molar-refractivity contribution in [3.63, 3.8) is 0 Å². The quantitative estimate of drug-likeness (QED) is 0.767. The molecule has 0 unspecified atom stereocenters. The van der Waals surface area contributed by atoms with E-state index in [4.69, 9.17) is 9.47 Å². The molecule has 3 heteroatoms. The molecule has 106 valence electrons. The molecule has 0 radical (unpaired) electrons. The number of benzene rings is 1. The van der Waals surface area contributed by atoms with Gasteiger partial charge in [0.1, 0.15) is 12.4 Å². The molecule has 0 bridgehead atoms. The summed E-state index contributed by atoms with van der Waals surface area (Å²) in [4.78, 5) is 0. The molecule has 0 fully saturated rings. The second-order valence-corrected chi connectivity index (χ2v) is 5.72. The molecule has 0 saturated carbocycles. The number of nitrogens with one attached hydrogen (secondary N) is 1. The molecule has 1 N–H and O–H groups in total. The first-order valence-corrected chi connectivity index (χ1v) is 6.53. The van der Waals surface area contributed by atoms with Gasteiger partial charge >= 0.3 is 0 Å². The predicted molar refractivity (Wildman–Crippen MR) is 79.5 cm³/mol. The van der Waals surface area contributed by atoms with Crippen LogP contribution in [0.4, 0.5) is 0 Å². The van der Waals surface area contributed by atoms with E-state index in [0.29, 0.717) is 13.2 Å². The van der Waals surface area contributed by atoms with Crippen LogP contribution >= 0.6 is 0 Å². The van der Waals surface area contributed by atoms with E-state index >= 15 is 0 Å². The van der Waals surface area contributed by atoms with Crippen molar-refractivity contribution in [1.29, 1.82) is 0 Å². The summed E-state index contributed by atoms with van der Waals surface area (Å²) in [6, 6.07) is 7.93. The van der Waals surface area contributed by atoms with E-state index < -0.39 is 0 Å². The summed E-state index contributed by atoms with van der Waals surface area (Å²) in [5, 5.41) is 3.39. The first-order chi connectivity index (χ1) is 8.90. The zero-order valence-corrected chi connectivity index (χ0v) is 12.5. The maximum atomic E-state index is 5.72. The summed E-state index contributed by atoms with van der Waals surface area (Å²) in [7, 11) is 1.69. The average molecular weight is 263 g/mol. The molecule has 0 heterocycles. The highest BCUT2D eigenvalue weighted by Gasteiger charge is 2.08. The van der Waals surface area contributed by atoms with Gasteiger partial charge in [-0.1, -0.05) is 18.7 Å². The van der Waals surface area contributed by atoms with Gasteiger partial charge in [-0.15, -0.1) is 0 Å². The van der Waals surface area contributed by atoms with Gasteiger partial charge in [0.2, 0.25) is 0 Å². The fraction of sp³-hybridized carbons (Fsp3) is 0.500. The monoisotopic (exact) mass is 263 g/mol. The molecule has 0 atom stereocenters. The summed E-state index contributed by atoms with van der Waals surface area (Å²) < 4.78 is 10.8. The average Bonchev–Trinajstić information content (AvgIpc) is 2.34. The molecule has 1 aromatic rings. The Hall–Kier alpha value is -1.32. The van der Waals surface area contributed by atoms with Crippen LogP contribution < -0.4 is 10.1 Å². The lowest BCUT2D eigenvalue weighted by molar-refractivity contribution is 0.184. The number of hydrogen-bond acceptors (Lipinski definition) is 3. The maximum absolute atomic E-state index is 5.72. The van der Waals surface area contributed by atoms with E-state index in [2.05, 4.69) is 32.7 Å². The first-order valence-electron chi connectivity index (χ1n) is 6.53. The summed E-state index contributed by atoms with van der Waals surface area (Å²) >= 11 is 0. The van der Waals surface area contributed by atoms with Gasteiger partial charge in [0.25, 0.3) is 0 Å². The smallest absolute Gasteiger partial charge is 0.120 e. The van der Waals surface area contributed by atoms with Crippen molar-refractivity contribution in [3.8, 4) is 5.75 Å². The van der Waals surface area contributed by atoms with E-state index in [1.54, 1.807) is 7.11 Å². The number of methoxy groups -OCH3 is 1. The lowest BCUT2D eigenvalue weighted by atomic mass is 10.1. The third-order valence-electron chi connectivity index (χ3n) is 2.52.